The molecule has 1 aliphatic rings. The molecule has 0 spiro atoms. The molecule has 3 nitrogen and oxygen atoms in total. The van der Waals surface area contributed by atoms with Gasteiger partial charge in [-0.3, -0.25) is 4.79 Å². The maximum Gasteiger partial charge on any atom is 0.250 e. The van der Waals surface area contributed by atoms with Crippen LogP contribution in [0.1, 0.15) is 28.4 Å². The molecule has 0 aromatic heterocycles. The van der Waals surface area contributed by atoms with Crippen LogP contribution in [0, 0.1) is 12.8 Å². The normalized spacial score (nSPS) is 14.4. The zero-order chi connectivity index (χ0) is 13.1. The smallest absolute Gasteiger partial charge is 0.250 e. The van der Waals surface area contributed by atoms with E-state index in [9.17, 15) is 4.79 Å². The van der Waals surface area contributed by atoms with Crippen molar-refractivity contribution in [1.29, 1.82) is 0 Å². The molecule has 1 aromatic rings. The molecule has 4 radical (unpaired) electrons. The lowest BCUT2D eigenvalue weighted by Crippen LogP contribution is -2.15. The van der Waals surface area contributed by atoms with Gasteiger partial charge < -0.3 is 11.5 Å². The minimum Gasteiger partial charge on any atom is -0.398 e. The second-order valence-electron chi connectivity index (χ2n) is 3.99. The summed E-state index contributed by atoms with van der Waals surface area (Å²) in [5.41, 5.74) is 15.1. The van der Waals surface area contributed by atoms with E-state index in [1.165, 1.54) is 0 Å². The van der Waals surface area contributed by atoms with Gasteiger partial charge in [-0.15, -0.1) is 0 Å². The van der Waals surface area contributed by atoms with E-state index >= 15 is 0 Å². The Morgan fingerprint density at radius 2 is 2.11 bits per heavy atom. The summed E-state index contributed by atoms with van der Waals surface area (Å²) in [7, 11) is 0. The first-order chi connectivity index (χ1) is 8.65. The first-order valence-electron chi connectivity index (χ1n) is 5.74. The Kier molecular flexibility index (Phi) is 3.51. The first kappa shape index (κ1) is 12.4. The largest absolute Gasteiger partial charge is 0.398 e. The van der Waals surface area contributed by atoms with Crippen LogP contribution in [0.3, 0.4) is 0 Å². The number of carbonyl (C=O) groups is 1. The van der Waals surface area contributed by atoms with E-state index in [2.05, 4.69) is 12.8 Å². The second kappa shape index (κ2) is 5.08. The third-order valence-electron chi connectivity index (χ3n) is 2.94. The number of nitrogen functional groups attached to an aromatic ring is 1. The SMILES string of the molecule is CCc1c(C2=C[C][C]C=C2)ccc(C(N)=O)c1N. The van der Waals surface area contributed by atoms with Gasteiger partial charge in [0.15, 0.2) is 0 Å². The summed E-state index contributed by atoms with van der Waals surface area (Å²) in [5, 5.41) is 0. The van der Waals surface area contributed by atoms with Gasteiger partial charge in [0.25, 0.3) is 5.91 Å². The number of anilines is 1. The average Bonchev–Trinajstić information content (AvgIpc) is 2.39. The molecular formula is C15H14N2O. The van der Waals surface area contributed by atoms with Gasteiger partial charge in [-0.05, 0) is 29.2 Å². The number of benzene rings is 1. The molecule has 1 aliphatic carbocycles. The summed E-state index contributed by atoms with van der Waals surface area (Å²) in [6.45, 7) is 2.00. The van der Waals surface area contributed by atoms with Crippen LogP contribution in [0.4, 0.5) is 5.69 Å². The highest BCUT2D eigenvalue weighted by molar-refractivity contribution is 6.00. The van der Waals surface area contributed by atoms with E-state index in [4.69, 9.17) is 11.5 Å². The second-order valence-corrected chi connectivity index (χ2v) is 3.99. The van der Waals surface area contributed by atoms with Crippen molar-refractivity contribution in [2.75, 3.05) is 5.73 Å². The fourth-order valence-electron chi connectivity index (χ4n) is 2.05. The standard InChI is InChI=1S/C15H14N2O/c1-2-11-12(10-6-4-3-5-7-10)8-9-13(14(11)16)15(17)18/h4,6-9H,2,16H2,1H3,(H2,17,18). The summed E-state index contributed by atoms with van der Waals surface area (Å²) in [5.74, 6) is -0.498. The summed E-state index contributed by atoms with van der Waals surface area (Å²) in [6.07, 6.45) is 12.1. The van der Waals surface area contributed by atoms with Crippen LogP contribution >= 0.6 is 0 Å². The number of amides is 1. The molecule has 1 amide bonds. The molecule has 0 saturated carbocycles. The molecule has 2 rings (SSSR count). The fourth-order valence-corrected chi connectivity index (χ4v) is 2.05. The van der Waals surface area contributed by atoms with Gasteiger partial charge in [-0.25, -0.2) is 0 Å². The fraction of sp³-hybridized carbons (Fsp3) is 0.133. The predicted molar refractivity (Wildman–Crippen MR) is 72.4 cm³/mol. The third-order valence-corrected chi connectivity index (χ3v) is 2.94. The first-order valence-corrected chi connectivity index (χ1v) is 5.74. The number of carbonyl (C=O) groups excluding carboxylic acids is 1. The highest BCUT2D eigenvalue weighted by Crippen LogP contribution is 2.30. The maximum absolute atomic E-state index is 11.3. The van der Waals surface area contributed by atoms with Crippen molar-refractivity contribution in [2.24, 2.45) is 5.73 Å². The quantitative estimate of drug-likeness (QED) is 0.791. The molecule has 90 valence electrons. The van der Waals surface area contributed by atoms with Gasteiger partial charge in [0.1, 0.15) is 0 Å². The lowest BCUT2D eigenvalue weighted by molar-refractivity contribution is 0.100. The van der Waals surface area contributed by atoms with E-state index in [0.717, 1.165) is 23.1 Å². The zero-order valence-electron chi connectivity index (χ0n) is 10.2. The Morgan fingerprint density at radius 3 is 2.67 bits per heavy atom. The van der Waals surface area contributed by atoms with E-state index in [1.807, 2.05) is 25.1 Å². The highest BCUT2D eigenvalue weighted by atomic mass is 16.1. The van der Waals surface area contributed by atoms with Crippen molar-refractivity contribution in [3.8, 4) is 0 Å². The third kappa shape index (κ3) is 2.16. The van der Waals surface area contributed by atoms with Crippen molar-refractivity contribution >= 4 is 17.2 Å². The molecule has 0 heterocycles. The van der Waals surface area contributed by atoms with Crippen LogP contribution < -0.4 is 11.5 Å². The minimum atomic E-state index is -0.498. The van der Waals surface area contributed by atoms with Crippen molar-refractivity contribution in [2.45, 2.75) is 13.3 Å². The van der Waals surface area contributed by atoms with E-state index in [-0.39, 0.29) is 0 Å². The predicted octanol–water partition coefficient (Wildman–Crippen LogP) is 2.05. The molecular weight excluding hydrogens is 224 g/mol. The molecule has 0 atom stereocenters. The van der Waals surface area contributed by atoms with Gasteiger partial charge in [-0.2, -0.15) is 0 Å². The van der Waals surface area contributed by atoms with E-state index < -0.39 is 5.91 Å². The molecule has 1 aromatic carbocycles. The van der Waals surface area contributed by atoms with Crippen LogP contribution in [0.15, 0.2) is 30.4 Å². The van der Waals surface area contributed by atoms with Crippen molar-refractivity contribution < 1.29 is 4.79 Å². The van der Waals surface area contributed by atoms with Gasteiger partial charge >= 0.3 is 0 Å². The van der Waals surface area contributed by atoms with Gasteiger partial charge in [-0.1, -0.05) is 31.2 Å². The number of allylic oxidation sites excluding steroid dienone is 4. The van der Waals surface area contributed by atoms with Gasteiger partial charge in [0.05, 0.1) is 5.56 Å². The lowest BCUT2D eigenvalue weighted by Gasteiger charge is -2.15. The molecule has 0 aliphatic heterocycles. The molecule has 0 unspecified atom stereocenters. The van der Waals surface area contributed by atoms with Crippen LogP contribution in [0.25, 0.3) is 5.57 Å². The summed E-state index contributed by atoms with van der Waals surface area (Å²) >= 11 is 0. The Balaban J connectivity index is 2.56. The highest BCUT2D eigenvalue weighted by Gasteiger charge is 2.15. The topological polar surface area (TPSA) is 69.1 Å². The molecule has 0 fully saturated rings. The van der Waals surface area contributed by atoms with Crippen LogP contribution in [-0.2, 0) is 6.42 Å². The molecule has 18 heavy (non-hydrogen) atoms. The monoisotopic (exact) mass is 238 g/mol. The summed E-state index contributed by atoms with van der Waals surface area (Å²) in [4.78, 5) is 11.3. The van der Waals surface area contributed by atoms with Crippen molar-refractivity contribution in [3.05, 3.63) is 59.9 Å². The average molecular weight is 238 g/mol. The van der Waals surface area contributed by atoms with Crippen LogP contribution in [0.2, 0.25) is 0 Å². The van der Waals surface area contributed by atoms with Crippen molar-refractivity contribution in [1.82, 2.24) is 0 Å². The summed E-state index contributed by atoms with van der Waals surface area (Å²) in [6, 6.07) is 3.54. The van der Waals surface area contributed by atoms with Crippen LogP contribution in [-0.4, -0.2) is 5.91 Å². The molecule has 0 bridgehead atoms. The van der Waals surface area contributed by atoms with Crippen molar-refractivity contribution in [3.63, 3.8) is 0 Å². The molecule has 3 heteroatoms. The number of nitrogens with two attached hydrogens (primary N) is 2. The summed E-state index contributed by atoms with van der Waals surface area (Å²) < 4.78 is 0. The van der Waals surface area contributed by atoms with E-state index in [1.54, 1.807) is 12.1 Å². The Labute approximate surface area is 107 Å². The lowest BCUT2D eigenvalue weighted by atomic mass is 9.91. The number of primary amides is 1. The number of hydrogen-bond donors (Lipinski definition) is 2. The maximum atomic E-state index is 11.3. The number of hydrogen-bond acceptors (Lipinski definition) is 2. The Bertz CT molecular complexity index is 542. The molecule has 0 saturated heterocycles. The minimum absolute atomic E-state index is 0.377. The van der Waals surface area contributed by atoms with Gasteiger partial charge in [0, 0.05) is 18.5 Å². The van der Waals surface area contributed by atoms with E-state index in [0.29, 0.717) is 11.3 Å². The Hall–Kier alpha value is -2.03. The van der Waals surface area contributed by atoms with Crippen LogP contribution in [0.5, 0.6) is 0 Å². The Morgan fingerprint density at radius 1 is 1.33 bits per heavy atom. The van der Waals surface area contributed by atoms with Gasteiger partial charge in [0.2, 0.25) is 0 Å². The number of rotatable bonds is 3. The molecule has 4 N–H and O–H groups in total. The zero-order valence-corrected chi connectivity index (χ0v) is 10.2.